The van der Waals surface area contributed by atoms with E-state index in [2.05, 4.69) is 25.6 Å². The summed E-state index contributed by atoms with van der Waals surface area (Å²) in [5.74, 6) is 2.13. The van der Waals surface area contributed by atoms with Gasteiger partial charge in [-0.3, -0.25) is 5.10 Å². The lowest BCUT2D eigenvalue weighted by Gasteiger charge is -2.05. The van der Waals surface area contributed by atoms with E-state index in [1.54, 1.807) is 18.0 Å². The average Bonchev–Trinajstić information content (AvgIpc) is 3.22. The van der Waals surface area contributed by atoms with Crippen LogP contribution < -0.4 is 10.1 Å². The minimum atomic E-state index is 0.646. The Hall–Kier alpha value is -3.35. The largest absolute Gasteiger partial charge is 0.496 e. The molecule has 0 atom stereocenters. The molecule has 0 aliphatic carbocycles. The van der Waals surface area contributed by atoms with Gasteiger partial charge in [0, 0.05) is 23.7 Å². The zero-order valence-corrected chi connectivity index (χ0v) is 14.2. The van der Waals surface area contributed by atoms with Gasteiger partial charge in [0.1, 0.15) is 5.75 Å². The van der Waals surface area contributed by atoms with E-state index in [1.165, 1.54) is 0 Å². The Morgan fingerprint density at radius 1 is 1.16 bits per heavy atom. The lowest BCUT2D eigenvalue weighted by Crippen LogP contribution is -1.99. The predicted molar refractivity (Wildman–Crippen MR) is 97.1 cm³/mol. The lowest BCUT2D eigenvalue weighted by molar-refractivity contribution is 0.412. The lowest BCUT2D eigenvalue weighted by atomic mass is 10.1. The summed E-state index contributed by atoms with van der Waals surface area (Å²) in [6, 6.07) is 11.9. The van der Waals surface area contributed by atoms with Crippen molar-refractivity contribution in [2.75, 3.05) is 12.4 Å². The number of hydrogen-bond acceptors (Lipinski definition) is 5. The fraction of sp³-hybridized carbons (Fsp3) is 0.167. The van der Waals surface area contributed by atoms with E-state index in [4.69, 9.17) is 4.74 Å². The van der Waals surface area contributed by atoms with Crippen molar-refractivity contribution in [3.05, 3.63) is 48.2 Å². The first kappa shape index (κ1) is 15.2. The Morgan fingerprint density at radius 3 is 2.88 bits per heavy atom. The second-order valence-electron chi connectivity index (χ2n) is 5.86. The van der Waals surface area contributed by atoms with E-state index in [9.17, 15) is 0 Å². The molecular formula is C18H18N6O. The third-order valence-electron chi connectivity index (χ3n) is 4.13. The number of rotatable bonds is 4. The minimum absolute atomic E-state index is 0.646. The number of aromatic amines is 1. The van der Waals surface area contributed by atoms with E-state index in [0.717, 1.165) is 33.5 Å². The number of benzene rings is 2. The molecule has 0 fully saturated rings. The van der Waals surface area contributed by atoms with Gasteiger partial charge >= 0.3 is 0 Å². The monoisotopic (exact) mass is 334 g/mol. The van der Waals surface area contributed by atoms with Gasteiger partial charge in [0.05, 0.1) is 18.8 Å². The van der Waals surface area contributed by atoms with Crippen molar-refractivity contribution in [2.45, 2.75) is 6.92 Å². The van der Waals surface area contributed by atoms with Crippen molar-refractivity contribution in [1.29, 1.82) is 0 Å². The van der Waals surface area contributed by atoms with Gasteiger partial charge in [0.2, 0.25) is 5.95 Å². The molecule has 0 aliphatic rings. The number of anilines is 2. The number of aryl methyl sites for hydroxylation is 2. The van der Waals surface area contributed by atoms with Gasteiger partial charge in [0.25, 0.3) is 0 Å². The zero-order chi connectivity index (χ0) is 17.4. The third kappa shape index (κ3) is 2.80. The molecule has 0 radical (unpaired) electrons. The number of fused-ring (bicyclic) bond motifs is 1. The molecule has 7 heteroatoms. The van der Waals surface area contributed by atoms with Crippen LogP contribution in [0.5, 0.6) is 5.75 Å². The van der Waals surface area contributed by atoms with Gasteiger partial charge in [-0.2, -0.15) is 10.1 Å². The fourth-order valence-corrected chi connectivity index (χ4v) is 2.72. The van der Waals surface area contributed by atoms with Crippen LogP contribution in [-0.4, -0.2) is 32.1 Å². The highest BCUT2D eigenvalue weighted by atomic mass is 16.5. The topological polar surface area (TPSA) is 80.6 Å². The first-order valence-electron chi connectivity index (χ1n) is 7.90. The average molecular weight is 334 g/mol. The molecule has 7 nitrogen and oxygen atoms in total. The molecule has 25 heavy (non-hydrogen) atoms. The van der Waals surface area contributed by atoms with Gasteiger partial charge in [-0.05, 0) is 36.8 Å². The SMILES string of the molecule is COc1cc(-c2nc(Nc3ccc4[nH]ncc4c3)n(C)n2)ccc1C. The van der Waals surface area contributed by atoms with Crippen LogP contribution >= 0.6 is 0 Å². The van der Waals surface area contributed by atoms with Crippen molar-refractivity contribution < 1.29 is 4.74 Å². The normalized spacial score (nSPS) is 11.0. The molecule has 0 bridgehead atoms. The Balaban J connectivity index is 1.65. The summed E-state index contributed by atoms with van der Waals surface area (Å²) in [6.45, 7) is 2.01. The Kier molecular flexibility index (Phi) is 3.61. The molecule has 0 saturated carbocycles. The second kappa shape index (κ2) is 5.94. The van der Waals surface area contributed by atoms with Crippen LogP contribution in [0.3, 0.4) is 0 Å². The summed E-state index contributed by atoms with van der Waals surface area (Å²) in [7, 11) is 3.53. The van der Waals surface area contributed by atoms with Crippen LogP contribution in [0.2, 0.25) is 0 Å². The van der Waals surface area contributed by atoms with E-state index >= 15 is 0 Å². The van der Waals surface area contributed by atoms with E-state index in [-0.39, 0.29) is 0 Å². The number of ether oxygens (including phenoxy) is 1. The molecule has 2 N–H and O–H groups in total. The first-order chi connectivity index (χ1) is 12.1. The number of hydrogen-bond donors (Lipinski definition) is 2. The molecule has 0 aliphatic heterocycles. The van der Waals surface area contributed by atoms with Crippen molar-refractivity contribution in [3.63, 3.8) is 0 Å². The van der Waals surface area contributed by atoms with Crippen LogP contribution in [0.4, 0.5) is 11.6 Å². The van der Waals surface area contributed by atoms with Crippen molar-refractivity contribution in [3.8, 4) is 17.1 Å². The molecule has 2 heterocycles. The van der Waals surface area contributed by atoms with Gasteiger partial charge in [-0.25, -0.2) is 4.68 Å². The molecule has 0 unspecified atom stereocenters. The molecule has 0 spiro atoms. The fourth-order valence-electron chi connectivity index (χ4n) is 2.72. The standard InChI is InChI=1S/C18H18N6O/c1-11-4-5-12(9-16(11)25-3)17-21-18(24(2)23-17)20-14-6-7-15-13(8-14)10-19-22-15/h4-10H,1-3H3,(H,19,22)(H,20,21,23). The van der Waals surface area contributed by atoms with Gasteiger partial charge < -0.3 is 10.1 Å². The molecular weight excluding hydrogens is 316 g/mol. The summed E-state index contributed by atoms with van der Waals surface area (Å²) in [6.07, 6.45) is 1.79. The Morgan fingerprint density at radius 2 is 2.04 bits per heavy atom. The summed E-state index contributed by atoms with van der Waals surface area (Å²) >= 11 is 0. The highest BCUT2D eigenvalue weighted by Gasteiger charge is 2.11. The predicted octanol–water partition coefficient (Wildman–Crippen LogP) is 3.42. The van der Waals surface area contributed by atoms with E-state index < -0.39 is 0 Å². The molecule has 0 amide bonds. The first-order valence-corrected chi connectivity index (χ1v) is 7.90. The van der Waals surface area contributed by atoms with Crippen LogP contribution in [-0.2, 0) is 7.05 Å². The van der Waals surface area contributed by atoms with Gasteiger partial charge in [-0.15, -0.1) is 5.10 Å². The summed E-state index contributed by atoms with van der Waals surface area (Å²) in [5, 5.41) is 15.8. The molecule has 4 rings (SSSR count). The van der Waals surface area contributed by atoms with Crippen molar-refractivity contribution >= 4 is 22.5 Å². The number of H-pyrrole nitrogens is 1. The summed E-state index contributed by atoms with van der Waals surface area (Å²) in [4.78, 5) is 4.61. The highest BCUT2D eigenvalue weighted by Crippen LogP contribution is 2.26. The molecule has 2 aromatic heterocycles. The number of nitrogens with one attached hydrogen (secondary N) is 2. The summed E-state index contributed by atoms with van der Waals surface area (Å²) in [5.41, 5.74) is 3.92. The Bertz CT molecular complexity index is 1050. The maximum absolute atomic E-state index is 5.39. The number of methoxy groups -OCH3 is 1. The molecule has 0 saturated heterocycles. The zero-order valence-electron chi connectivity index (χ0n) is 14.2. The third-order valence-corrected chi connectivity index (χ3v) is 4.13. The Labute approximate surface area is 144 Å². The quantitative estimate of drug-likeness (QED) is 0.598. The van der Waals surface area contributed by atoms with Crippen LogP contribution in [0.1, 0.15) is 5.56 Å². The smallest absolute Gasteiger partial charge is 0.225 e. The minimum Gasteiger partial charge on any atom is -0.496 e. The molecule has 4 aromatic rings. The molecule has 2 aromatic carbocycles. The second-order valence-corrected chi connectivity index (χ2v) is 5.86. The van der Waals surface area contributed by atoms with E-state index in [0.29, 0.717) is 11.8 Å². The van der Waals surface area contributed by atoms with Crippen molar-refractivity contribution in [1.82, 2.24) is 25.0 Å². The molecule has 126 valence electrons. The van der Waals surface area contributed by atoms with Crippen LogP contribution in [0, 0.1) is 6.92 Å². The number of nitrogens with zero attached hydrogens (tertiary/aromatic N) is 4. The summed E-state index contributed by atoms with van der Waals surface area (Å²) < 4.78 is 7.11. The van der Waals surface area contributed by atoms with Crippen LogP contribution in [0.25, 0.3) is 22.3 Å². The van der Waals surface area contributed by atoms with Crippen LogP contribution in [0.15, 0.2) is 42.6 Å². The highest BCUT2D eigenvalue weighted by molar-refractivity contribution is 5.82. The van der Waals surface area contributed by atoms with Gasteiger partial charge in [-0.1, -0.05) is 12.1 Å². The van der Waals surface area contributed by atoms with Crippen molar-refractivity contribution in [2.24, 2.45) is 7.05 Å². The maximum Gasteiger partial charge on any atom is 0.225 e. The van der Waals surface area contributed by atoms with Gasteiger partial charge in [0.15, 0.2) is 5.82 Å². The maximum atomic E-state index is 5.39. The van der Waals surface area contributed by atoms with E-state index in [1.807, 2.05) is 50.4 Å². The number of aromatic nitrogens is 5.